The van der Waals surface area contributed by atoms with Gasteiger partial charge in [0.25, 0.3) is 0 Å². The van der Waals surface area contributed by atoms with Crippen molar-refractivity contribution in [2.24, 2.45) is 0 Å². The monoisotopic (exact) mass is 255 g/mol. The van der Waals surface area contributed by atoms with Gasteiger partial charge in [0.15, 0.2) is 0 Å². The zero-order valence-corrected chi connectivity index (χ0v) is 10.9. The molecule has 1 amide bonds. The second-order valence-electron chi connectivity index (χ2n) is 4.01. The number of rotatable bonds is 4. The van der Waals surface area contributed by atoms with E-state index in [9.17, 15) is 4.79 Å². The van der Waals surface area contributed by atoms with Gasteiger partial charge in [-0.3, -0.25) is 4.79 Å². The van der Waals surface area contributed by atoms with Gasteiger partial charge in [-0.25, -0.2) is 0 Å². The minimum Gasteiger partial charge on any atom is -0.495 e. The van der Waals surface area contributed by atoms with Crippen molar-refractivity contribution in [1.82, 2.24) is 0 Å². The number of anilines is 3. The lowest BCUT2D eigenvalue weighted by molar-refractivity contribution is -0.114. The summed E-state index contributed by atoms with van der Waals surface area (Å²) in [7, 11) is 1.62. The number of amides is 1. The average Bonchev–Trinajstić information content (AvgIpc) is 2.41. The molecule has 1 radical (unpaired) electrons. The first kappa shape index (κ1) is 13.0. The van der Waals surface area contributed by atoms with E-state index < -0.39 is 0 Å². The van der Waals surface area contributed by atoms with Crippen molar-refractivity contribution in [3.63, 3.8) is 0 Å². The summed E-state index contributed by atoms with van der Waals surface area (Å²) in [6, 6.07) is 15.9. The first-order chi connectivity index (χ1) is 9.19. The zero-order chi connectivity index (χ0) is 13.7. The lowest BCUT2D eigenvalue weighted by Gasteiger charge is -2.11. The fourth-order valence-electron chi connectivity index (χ4n) is 1.68. The number of methoxy groups -OCH3 is 1. The number of hydrogen-bond acceptors (Lipinski definition) is 3. The number of benzene rings is 2. The van der Waals surface area contributed by atoms with E-state index in [1.54, 1.807) is 13.2 Å². The smallest absolute Gasteiger partial charge is 0.221 e. The van der Waals surface area contributed by atoms with Gasteiger partial charge in [0.1, 0.15) is 5.75 Å². The fraction of sp³-hybridized carbons (Fsp3) is 0.133. The van der Waals surface area contributed by atoms with Crippen LogP contribution < -0.4 is 15.4 Å². The van der Waals surface area contributed by atoms with Gasteiger partial charge in [-0.05, 0) is 42.5 Å². The predicted molar refractivity (Wildman–Crippen MR) is 75.9 cm³/mol. The third-order valence-corrected chi connectivity index (χ3v) is 2.53. The van der Waals surface area contributed by atoms with Crippen molar-refractivity contribution < 1.29 is 9.53 Å². The highest BCUT2D eigenvalue weighted by Crippen LogP contribution is 2.27. The number of nitrogens with one attached hydrogen (secondary N) is 2. The molecule has 0 aliphatic carbocycles. The largest absolute Gasteiger partial charge is 0.495 e. The molecular formula is C15H15N2O2. The van der Waals surface area contributed by atoms with E-state index in [4.69, 9.17) is 4.74 Å². The van der Waals surface area contributed by atoms with Gasteiger partial charge < -0.3 is 15.4 Å². The molecule has 0 saturated heterocycles. The summed E-state index contributed by atoms with van der Waals surface area (Å²) in [5.41, 5.74) is 2.55. The summed E-state index contributed by atoms with van der Waals surface area (Å²) in [6.45, 7) is 1.48. The van der Waals surface area contributed by atoms with Crippen LogP contribution in [0, 0.1) is 6.07 Å². The Morgan fingerprint density at radius 3 is 2.47 bits per heavy atom. The topological polar surface area (TPSA) is 50.4 Å². The van der Waals surface area contributed by atoms with Gasteiger partial charge in [-0.15, -0.1) is 0 Å². The van der Waals surface area contributed by atoms with Gasteiger partial charge in [-0.2, -0.15) is 0 Å². The Hall–Kier alpha value is -2.49. The highest BCUT2D eigenvalue weighted by Gasteiger charge is 2.02. The summed E-state index contributed by atoms with van der Waals surface area (Å²) in [5.74, 6) is 0.648. The van der Waals surface area contributed by atoms with Crippen molar-refractivity contribution >= 4 is 23.0 Å². The highest BCUT2D eigenvalue weighted by atomic mass is 16.5. The zero-order valence-electron chi connectivity index (χ0n) is 10.9. The Kier molecular flexibility index (Phi) is 4.03. The van der Waals surface area contributed by atoms with Crippen LogP contribution in [-0.4, -0.2) is 13.0 Å². The van der Waals surface area contributed by atoms with E-state index in [2.05, 4.69) is 16.7 Å². The molecule has 2 rings (SSSR count). The Labute approximate surface area is 112 Å². The highest BCUT2D eigenvalue weighted by molar-refractivity contribution is 5.88. The Morgan fingerprint density at radius 1 is 1.16 bits per heavy atom. The molecule has 0 unspecified atom stereocenters. The minimum atomic E-state index is -0.0824. The fourth-order valence-corrected chi connectivity index (χ4v) is 1.68. The quantitative estimate of drug-likeness (QED) is 0.882. The molecule has 0 aliphatic heterocycles. The number of ether oxygens (including phenoxy) is 1. The molecular weight excluding hydrogens is 240 g/mol. The Bertz CT molecular complexity index is 565. The van der Waals surface area contributed by atoms with Gasteiger partial charge in [0.05, 0.1) is 12.8 Å². The molecule has 0 saturated carbocycles. The second kappa shape index (κ2) is 5.91. The summed E-state index contributed by atoms with van der Waals surface area (Å²) in [5, 5.41) is 5.97. The SMILES string of the molecule is COc1c[c]ccc1Nc1ccc(NC(C)=O)cc1. The van der Waals surface area contributed by atoms with Crippen LogP contribution in [0.1, 0.15) is 6.92 Å². The summed E-state index contributed by atoms with van der Waals surface area (Å²) >= 11 is 0. The standard InChI is InChI=1S/C15H15N2O2/c1-11(18)16-12-7-9-13(10-8-12)17-14-5-3-4-6-15(14)19-2/h3,5-10,17H,1-2H3,(H,16,18). The van der Waals surface area contributed by atoms with Gasteiger partial charge >= 0.3 is 0 Å². The van der Waals surface area contributed by atoms with Crippen LogP contribution >= 0.6 is 0 Å². The predicted octanol–water partition coefficient (Wildman–Crippen LogP) is 3.20. The molecule has 0 fully saturated rings. The molecule has 97 valence electrons. The van der Waals surface area contributed by atoms with Crippen molar-refractivity contribution in [2.45, 2.75) is 6.92 Å². The van der Waals surface area contributed by atoms with Gasteiger partial charge in [-0.1, -0.05) is 6.07 Å². The van der Waals surface area contributed by atoms with E-state index in [1.807, 2.05) is 36.4 Å². The second-order valence-corrected chi connectivity index (χ2v) is 4.01. The molecule has 2 aromatic carbocycles. The number of carbonyl (C=O) groups excluding carboxylic acids is 1. The van der Waals surface area contributed by atoms with E-state index in [0.717, 1.165) is 22.8 Å². The molecule has 0 aliphatic rings. The van der Waals surface area contributed by atoms with Crippen LogP contribution in [0.5, 0.6) is 5.75 Å². The maximum atomic E-state index is 10.9. The van der Waals surface area contributed by atoms with Gasteiger partial charge in [0, 0.05) is 18.3 Å². The number of hydrogen-bond donors (Lipinski definition) is 2. The van der Waals surface area contributed by atoms with Crippen LogP contribution in [0.4, 0.5) is 17.1 Å². The van der Waals surface area contributed by atoms with E-state index >= 15 is 0 Å². The normalized spacial score (nSPS) is 9.79. The molecule has 0 bridgehead atoms. The van der Waals surface area contributed by atoms with Crippen molar-refractivity contribution in [2.75, 3.05) is 17.7 Å². The third-order valence-electron chi connectivity index (χ3n) is 2.53. The lowest BCUT2D eigenvalue weighted by atomic mass is 10.2. The maximum Gasteiger partial charge on any atom is 0.221 e. The lowest BCUT2D eigenvalue weighted by Crippen LogP contribution is -2.05. The number of carbonyl (C=O) groups is 1. The van der Waals surface area contributed by atoms with Crippen molar-refractivity contribution in [3.05, 3.63) is 48.5 Å². The van der Waals surface area contributed by atoms with Crippen LogP contribution in [0.25, 0.3) is 0 Å². The van der Waals surface area contributed by atoms with Crippen molar-refractivity contribution in [3.8, 4) is 5.75 Å². The van der Waals surface area contributed by atoms with Crippen LogP contribution in [0.3, 0.4) is 0 Å². The molecule has 0 heterocycles. The Morgan fingerprint density at radius 2 is 1.84 bits per heavy atom. The van der Waals surface area contributed by atoms with Crippen molar-refractivity contribution in [1.29, 1.82) is 0 Å². The molecule has 19 heavy (non-hydrogen) atoms. The molecule has 4 heteroatoms. The van der Waals surface area contributed by atoms with Crippen LogP contribution in [-0.2, 0) is 4.79 Å². The molecule has 2 aromatic rings. The average molecular weight is 255 g/mol. The summed E-state index contributed by atoms with van der Waals surface area (Å²) in [6.07, 6.45) is 0. The third kappa shape index (κ3) is 3.48. The maximum absolute atomic E-state index is 10.9. The minimum absolute atomic E-state index is 0.0824. The van der Waals surface area contributed by atoms with Gasteiger partial charge in [0.2, 0.25) is 5.91 Å². The van der Waals surface area contributed by atoms with Crippen LogP contribution in [0.15, 0.2) is 42.5 Å². The first-order valence-corrected chi connectivity index (χ1v) is 5.88. The van der Waals surface area contributed by atoms with Crippen LogP contribution in [0.2, 0.25) is 0 Å². The molecule has 0 aromatic heterocycles. The van der Waals surface area contributed by atoms with E-state index in [0.29, 0.717) is 0 Å². The summed E-state index contributed by atoms with van der Waals surface area (Å²) in [4.78, 5) is 10.9. The molecule has 0 atom stereocenters. The first-order valence-electron chi connectivity index (χ1n) is 5.88. The van der Waals surface area contributed by atoms with E-state index in [-0.39, 0.29) is 5.91 Å². The Balaban J connectivity index is 2.13. The van der Waals surface area contributed by atoms with E-state index in [1.165, 1.54) is 6.92 Å². The molecule has 0 spiro atoms. The molecule has 2 N–H and O–H groups in total. The summed E-state index contributed by atoms with van der Waals surface area (Å²) < 4.78 is 5.24. The molecule has 4 nitrogen and oxygen atoms in total.